The molecule has 10 nitrogen and oxygen atoms in total. The van der Waals surface area contributed by atoms with Crippen molar-refractivity contribution >= 4 is 69.6 Å². The molecule has 0 unspecified atom stereocenters. The van der Waals surface area contributed by atoms with Gasteiger partial charge < -0.3 is 31.2 Å². The van der Waals surface area contributed by atoms with Gasteiger partial charge in [0.1, 0.15) is 0 Å². The number of anilines is 2. The van der Waals surface area contributed by atoms with Crippen LogP contribution in [0.2, 0.25) is 0 Å². The van der Waals surface area contributed by atoms with Crippen LogP contribution in [0.25, 0.3) is 90.9 Å². The van der Waals surface area contributed by atoms with E-state index in [1.165, 1.54) is 11.1 Å². The molecule has 2 fully saturated rings. The number of aryl methyl sites for hydroxylation is 6. The van der Waals surface area contributed by atoms with Crippen molar-refractivity contribution in [1.29, 1.82) is 0 Å². The van der Waals surface area contributed by atoms with Crippen molar-refractivity contribution in [3.8, 4) is 44.5 Å². The van der Waals surface area contributed by atoms with Gasteiger partial charge in [0.05, 0.1) is 34.9 Å². The van der Waals surface area contributed by atoms with Crippen LogP contribution in [-0.4, -0.2) is 56.9 Å². The molecule has 7 heterocycles. The smallest absolute Gasteiger partial charge is 0.241 e. The minimum atomic E-state index is -0.209. The summed E-state index contributed by atoms with van der Waals surface area (Å²) in [5.41, 5.74) is 23.1. The molecule has 0 radical (unpaired) electrons. The third-order valence-corrected chi connectivity index (χ3v) is 14.2. The fourth-order valence-electron chi connectivity index (χ4n) is 11.3. The second-order valence-corrected chi connectivity index (χ2v) is 19.5. The van der Waals surface area contributed by atoms with Crippen LogP contribution in [0, 0.1) is 41.5 Å². The third-order valence-electron chi connectivity index (χ3n) is 14.2. The Morgan fingerprint density at radius 3 is 1.17 bits per heavy atom. The zero-order chi connectivity index (χ0) is 48.2. The van der Waals surface area contributed by atoms with Crippen LogP contribution in [-0.2, 0) is 9.59 Å². The SMILES string of the molecule is Cc1cc(C)c(-c2c3nc(c(-c4cccc(NC(=O)[C@@H]5CCCN5)c4)c4ccc([nH]4)c(-c4c(C)cc(C)cc4C)c4nc(c(-c5cccc(NC(=O)[C@@H]6CCCN6)c5)c5ccc2[nH]5)C=C4)C=C3)c(C)c1. The average molecular weight is 923 g/mol. The minimum Gasteiger partial charge on any atom is -0.354 e. The molecule has 350 valence electrons. The minimum absolute atomic E-state index is 0.0247. The molecule has 2 atom stereocenters. The summed E-state index contributed by atoms with van der Waals surface area (Å²) in [7, 11) is 0. The number of hydrogen-bond acceptors (Lipinski definition) is 6. The van der Waals surface area contributed by atoms with Gasteiger partial charge in [-0.15, -0.1) is 0 Å². The van der Waals surface area contributed by atoms with E-state index in [0.29, 0.717) is 0 Å². The molecule has 8 bridgehead atoms. The van der Waals surface area contributed by atoms with E-state index in [-0.39, 0.29) is 23.9 Å². The van der Waals surface area contributed by atoms with Crippen molar-refractivity contribution in [1.82, 2.24) is 30.6 Å². The first-order valence-electron chi connectivity index (χ1n) is 24.6. The van der Waals surface area contributed by atoms with Gasteiger partial charge in [-0.25, -0.2) is 9.97 Å². The summed E-state index contributed by atoms with van der Waals surface area (Å²) >= 11 is 0. The Morgan fingerprint density at radius 1 is 0.457 bits per heavy atom. The third kappa shape index (κ3) is 8.47. The van der Waals surface area contributed by atoms with Crippen LogP contribution in [0.5, 0.6) is 0 Å². The lowest BCUT2D eigenvalue weighted by Crippen LogP contribution is -2.35. The fourth-order valence-corrected chi connectivity index (χ4v) is 11.3. The van der Waals surface area contributed by atoms with Gasteiger partial charge in [0.25, 0.3) is 0 Å². The summed E-state index contributed by atoms with van der Waals surface area (Å²) in [6.45, 7) is 14.7. The van der Waals surface area contributed by atoms with Gasteiger partial charge in [-0.2, -0.15) is 0 Å². The molecule has 0 aliphatic carbocycles. The zero-order valence-corrected chi connectivity index (χ0v) is 40.7. The second-order valence-electron chi connectivity index (χ2n) is 19.5. The summed E-state index contributed by atoms with van der Waals surface area (Å²) in [4.78, 5) is 45.8. The quantitative estimate of drug-likeness (QED) is 0.0897. The van der Waals surface area contributed by atoms with E-state index in [2.05, 4.69) is 170 Å². The molecular weight excluding hydrogens is 865 g/mol. The molecule has 11 rings (SSSR count). The summed E-state index contributed by atoms with van der Waals surface area (Å²) in [6, 6.07) is 33.3. The maximum Gasteiger partial charge on any atom is 0.241 e. The molecule has 3 aromatic heterocycles. The van der Waals surface area contributed by atoms with Gasteiger partial charge in [0, 0.05) is 55.7 Å². The number of nitrogens with one attached hydrogen (secondary N) is 6. The van der Waals surface area contributed by atoms with E-state index in [4.69, 9.17) is 9.97 Å². The van der Waals surface area contributed by atoms with E-state index >= 15 is 0 Å². The number of rotatable bonds is 8. The molecule has 6 N–H and O–H groups in total. The highest BCUT2D eigenvalue weighted by Crippen LogP contribution is 2.42. The normalized spacial score (nSPS) is 16.3. The molecule has 0 saturated carbocycles. The molecule has 2 amide bonds. The lowest BCUT2D eigenvalue weighted by atomic mass is 9.92. The predicted molar refractivity (Wildman–Crippen MR) is 288 cm³/mol. The first-order valence-corrected chi connectivity index (χ1v) is 24.6. The Morgan fingerprint density at radius 2 is 0.814 bits per heavy atom. The van der Waals surface area contributed by atoms with Crippen molar-refractivity contribution in [2.45, 2.75) is 79.3 Å². The summed E-state index contributed by atoms with van der Waals surface area (Å²) in [5, 5.41) is 13.1. The van der Waals surface area contributed by atoms with Gasteiger partial charge >= 0.3 is 0 Å². The van der Waals surface area contributed by atoms with E-state index in [1.54, 1.807) is 0 Å². The summed E-state index contributed by atoms with van der Waals surface area (Å²) in [5.74, 6) is -0.0494. The van der Waals surface area contributed by atoms with Crippen LogP contribution in [0.1, 0.15) is 81.8 Å². The number of nitrogens with zero attached hydrogens (tertiary/aromatic N) is 2. The Balaban J connectivity index is 1.23. The highest BCUT2D eigenvalue weighted by atomic mass is 16.2. The van der Waals surface area contributed by atoms with Gasteiger partial charge in [-0.3, -0.25) is 9.59 Å². The van der Waals surface area contributed by atoms with E-state index < -0.39 is 0 Å². The van der Waals surface area contributed by atoms with Crippen molar-refractivity contribution < 1.29 is 9.59 Å². The molecule has 2 saturated heterocycles. The number of aromatic amines is 2. The average Bonchev–Trinajstić information content (AvgIpc) is 4.19. The fraction of sp³-hybridized carbons (Fsp3) is 0.233. The zero-order valence-electron chi connectivity index (χ0n) is 40.7. The van der Waals surface area contributed by atoms with Gasteiger partial charge in [0.2, 0.25) is 11.8 Å². The first kappa shape index (κ1) is 44.8. The maximum atomic E-state index is 13.4. The van der Waals surface area contributed by atoms with E-state index in [0.717, 1.165) is 162 Å². The number of aromatic nitrogens is 4. The number of H-pyrrole nitrogens is 2. The molecule has 4 aliphatic rings. The Bertz CT molecular complexity index is 3250. The number of amides is 2. The standard InChI is InChI=1S/C60H58N8O2/c1-33-27-35(3)53(36(4)28-33)57-47-21-17-43(65-47)55(39-11-7-13-41(31-39)63-59(69)51-15-9-25-61-51)45-19-23-49(67-45)58(54-37(5)29-34(2)30-38(54)6)50-24-20-46(68-50)56(44-18-22-48(57)66-44)40-12-8-14-42(32-40)64-60(70)52-16-10-26-62-52/h7-8,11-14,17-24,27-32,51-52,61-62,65,68H,9-10,15-16,25-26H2,1-6H3,(H,63,69)(H,64,70)/t51-,52-/m0/s1. The molecular formula is C60H58N8O2. The van der Waals surface area contributed by atoms with E-state index in [1.807, 2.05) is 24.3 Å². The monoisotopic (exact) mass is 922 g/mol. The molecule has 0 spiro atoms. The number of carbonyl (C=O) groups excluding carboxylic acids is 2. The van der Waals surface area contributed by atoms with Crippen molar-refractivity contribution in [3.05, 3.63) is 153 Å². The van der Waals surface area contributed by atoms with Gasteiger partial charge in [0.15, 0.2) is 0 Å². The van der Waals surface area contributed by atoms with Crippen LogP contribution in [0.4, 0.5) is 11.4 Å². The number of hydrogen-bond donors (Lipinski definition) is 6. The number of benzene rings is 4. The Kier molecular flexibility index (Phi) is 11.7. The Labute approximate surface area is 408 Å². The van der Waals surface area contributed by atoms with Crippen LogP contribution < -0.4 is 21.3 Å². The molecule has 70 heavy (non-hydrogen) atoms. The lowest BCUT2D eigenvalue weighted by molar-refractivity contribution is -0.118. The molecule has 4 aliphatic heterocycles. The number of fused-ring (bicyclic) bond motifs is 8. The molecule has 4 aromatic carbocycles. The van der Waals surface area contributed by atoms with Crippen molar-refractivity contribution in [2.24, 2.45) is 0 Å². The van der Waals surface area contributed by atoms with Crippen molar-refractivity contribution in [2.75, 3.05) is 23.7 Å². The van der Waals surface area contributed by atoms with Gasteiger partial charge in [-0.1, -0.05) is 59.7 Å². The maximum absolute atomic E-state index is 13.4. The van der Waals surface area contributed by atoms with Crippen LogP contribution in [0.15, 0.2) is 97.1 Å². The lowest BCUT2D eigenvalue weighted by Gasteiger charge is -2.14. The molecule has 10 heteroatoms. The topological polar surface area (TPSA) is 140 Å². The molecule has 7 aromatic rings. The summed E-state index contributed by atoms with van der Waals surface area (Å²) in [6.07, 6.45) is 12.1. The highest BCUT2D eigenvalue weighted by Gasteiger charge is 2.25. The Hall–Kier alpha value is -7.66. The van der Waals surface area contributed by atoms with Crippen molar-refractivity contribution in [3.63, 3.8) is 0 Å². The summed E-state index contributed by atoms with van der Waals surface area (Å²) < 4.78 is 0. The highest BCUT2D eigenvalue weighted by molar-refractivity contribution is 6.03. The van der Waals surface area contributed by atoms with Crippen LogP contribution >= 0.6 is 0 Å². The van der Waals surface area contributed by atoms with E-state index in [9.17, 15) is 9.59 Å². The van der Waals surface area contributed by atoms with Crippen LogP contribution in [0.3, 0.4) is 0 Å². The first-order chi connectivity index (χ1) is 33.9. The number of carbonyl (C=O) groups is 2. The predicted octanol–water partition coefficient (Wildman–Crippen LogP) is 12.6. The largest absolute Gasteiger partial charge is 0.354 e. The van der Waals surface area contributed by atoms with Gasteiger partial charge in [-0.05, 0) is 198 Å². The second kappa shape index (κ2) is 18.3.